The molecule has 2 fully saturated rings. The molecule has 1 aliphatic heterocycles. The molecule has 1 heterocycles. The fourth-order valence-electron chi connectivity index (χ4n) is 4.43. The summed E-state index contributed by atoms with van der Waals surface area (Å²) in [7, 11) is -3.53. The van der Waals surface area contributed by atoms with E-state index in [1.54, 1.807) is 30.3 Å². The average molecular weight is 441 g/mol. The zero-order valence-corrected chi connectivity index (χ0v) is 19.4. The fourth-order valence-corrected chi connectivity index (χ4v) is 5.76. The van der Waals surface area contributed by atoms with Gasteiger partial charge in [-0.05, 0) is 54.4 Å². The standard InChI is InChI=1S/C25H32N2O3S/c1-24(2,3)19-9-11-20(12-10-19)25(15-16-25)23(28)27-17-13-21(14-18-27)26-31(29,30)22-7-5-4-6-8-22/h4-12,21,26H,13-18H2,1-3H3. The van der Waals surface area contributed by atoms with Gasteiger partial charge in [0.25, 0.3) is 0 Å². The van der Waals surface area contributed by atoms with Gasteiger partial charge in [0.1, 0.15) is 0 Å². The Morgan fingerprint density at radius 1 is 0.968 bits per heavy atom. The fraction of sp³-hybridized carbons (Fsp3) is 0.480. The van der Waals surface area contributed by atoms with Crippen molar-refractivity contribution in [1.82, 2.24) is 9.62 Å². The summed E-state index contributed by atoms with van der Waals surface area (Å²) < 4.78 is 28.0. The number of carbonyl (C=O) groups excluding carboxylic acids is 1. The second-order valence-corrected chi connectivity index (χ2v) is 11.6. The maximum Gasteiger partial charge on any atom is 0.240 e. The SMILES string of the molecule is CC(C)(C)c1ccc(C2(C(=O)N3CCC(NS(=O)(=O)c4ccccc4)CC3)CC2)cc1. The minimum atomic E-state index is -3.53. The van der Waals surface area contributed by atoms with E-state index in [1.165, 1.54) is 5.56 Å². The van der Waals surface area contributed by atoms with Crippen LogP contribution >= 0.6 is 0 Å². The van der Waals surface area contributed by atoms with Crippen molar-refractivity contribution in [3.05, 3.63) is 65.7 Å². The maximum absolute atomic E-state index is 13.4. The number of sulfonamides is 1. The molecule has 1 saturated heterocycles. The molecular formula is C25H32N2O3S. The van der Waals surface area contributed by atoms with Gasteiger partial charge in [0.15, 0.2) is 0 Å². The first-order valence-electron chi connectivity index (χ1n) is 11.1. The highest BCUT2D eigenvalue weighted by molar-refractivity contribution is 7.89. The van der Waals surface area contributed by atoms with Crippen LogP contribution in [0.3, 0.4) is 0 Å². The van der Waals surface area contributed by atoms with Crippen molar-refractivity contribution in [3.63, 3.8) is 0 Å². The van der Waals surface area contributed by atoms with Gasteiger partial charge in [0.05, 0.1) is 10.3 Å². The lowest BCUT2D eigenvalue weighted by Crippen LogP contribution is -2.49. The molecule has 0 radical (unpaired) electrons. The number of nitrogens with zero attached hydrogens (tertiary/aromatic N) is 1. The molecule has 1 aliphatic carbocycles. The quantitative estimate of drug-likeness (QED) is 0.765. The van der Waals surface area contributed by atoms with Crippen LogP contribution in [0.1, 0.15) is 57.6 Å². The van der Waals surface area contributed by atoms with Crippen LogP contribution in [0.4, 0.5) is 0 Å². The molecule has 1 saturated carbocycles. The molecule has 31 heavy (non-hydrogen) atoms. The van der Waals surface area contributed by atoms with E-state index in [9.17, 15) is 13.2 Å². The van der Waals surface area contributed by atoms with Crippen molar-refractivity contribution in [2.24, 2.45) is 0 Å². The van der Waals surface area contributed by atoms with Crippen LogP contribution in [-0.2, 0) is 25.6 Å². The zero-order chi connectivity index (χ0) is 22.3. The molecule has 0 spiro atoms. The second kappa shape index (κ2) is 8.06. The summed E-state index contributed by atoms with van der Waals surface area (Å²) >= 11 is 0. The van der Waals surface area contributed by atoms with Gasteiger partial charge < -0.3 is 4.90 Å². The molecule has 2 aromatic carbocycles. The molecule has 6 heteroatoms. The Hall–Kier alpha value is -2.18. The molecule has 1 N–H and O–H groups in total. The normalized spacial score (nSPS) is 19.3. The summed E-state index contributed by atoms with van der Waals surface area (Å²) in [4.78, 5) is 15.6. The Kier molecular flexibility index (Phi) is 5.73. The highest BCUT2D eigenvalue weighted by atomic mass is 32.2. The third kappa shape index (κ3) is 4.55. The average Bonchev–Trinajstić information content (AvgIpc) is 3.56. The molecule has 5 nitrogen and oxygen atoms in total. The summed E-state index contributed by atoms with van der Waals surface area (Å²) in [6.07, 6.45) is 3.05. The monoisotopic (exact) mass is 440 g/mol. The summed E-state index contributed by atoms with van der Waals surface area (Å²) in [5.41, 5.74) is 2.09. The number of benzene rings is 2. The van der Waals surface area contributed by atoms with Crippen LogP contribution in [0, 0.1) is 0 Å². The maximum atomic E-state index is 13.4. The van der Waals surface area contributed by atoms with Crippen LogP contribution in [0.15, 0.2) is 59.5 Å². The lowest BCUT2D eigenvalue weighted by Gasteiger charge is -2.35. The Morgan fingerprint density at radius 2 is 1.55 bits per heavy atom. The first-order chi connectivity index (χ1) is 14.6. The highest BCUT2D eigenvalue weighted by Crippen LogP contribution is 2.50. The Bertz CT molecular complexity index is 1030. The molecule has 2 aliphatic rings. The lowest BCUT2D eigenvalue weighted by molar-refractivity contribution is -0.135. The van der Waals surface area contributed by atoms with Gasteiger partial charge in [-0.15, -0.1) is 0 Å². The molecule has 2 aromatic rings. The smallest absolute Gasteiger partial charge is 0.240 e. The van der Waals surface area contributed by atoms with Gasteiger partial charge in [0.2, 0.25) is 15.9 Å². The van der Waals surface area contributed by atoms with Crippen LogP contribution in [0.2, 0.25) is 0 Å². The van der Waals surface area contributed by atoms with Gasteiger partial charge in [-0.1, -0.05) is 63.2 Å². The van der Waals surface area contributed by atoms with Gasteiger partial charge >= 0.3 is 0 Å². The number of likely N-dealkylation sites (tertiary alicyclic amines) is 1. The molecule has 0 bridgehead atoms. The number of nitrogens with one attached hydrogen (secondary N) is 1. The summed E-state index contributed by atoms with van der Waals surface area (Å²) in [6, 6.07) is 16.8. The van der Waals surface area contributed by atoms with Crippen molar-refractivity contribution >= 4 is 15.9 Å². The summed E-state index contributed by atoms with van der Waals surface area (Å²) in [5.74, 6) is 0.195. The Morgan fingerprint density at radius 3 is 2.06 bits per heavy atom. The van der Waals surface area contributed by atoms with Crippen molar-refractivity contribution in [1.29, 1.82) is 0 Å². The number of rotatable bonds is 5. The van der Waals surface area contributed by atoms with Gasteiger partial charge in [0, 0.05) is 19.1 Å². The van der Waals surface area contributed by atoms with E-state index in [-0.39, 0.29) is 27.7 Å². The minimum absolute atomic E-state index is 0.0915. The topological polar surface area (TPSA) is 66.5 Å². The van der Waals surface area contributed by atoms with E-state index in [0.717, 1.165) is 18.4 Å². The third-order valence-electron chi connectivity index (χ3n) is 6.62. The van der Waals surface area contributed by atoms with Crippen molar-refractivity contribution in [2.75, 3.05) is 13.1 Å². The molecule has 166 valence electrons. The number of hydrogen-bond acceptors (Lipinski definition) is 3. The van der Waals surface area contributed by atoms with Crippen LogP contribution < -0.4 is 4.72 Å². The molecule has 1 amide bonds. The number of hydrogen-bond donors (Lipinski definition) is 1. The Labute approximate surface area is 185 Å². The molecular weight excluding hydrogens is 408 g/mol. The zero-order valence-electron chi connectivity index (χ0n) is 18.6. The first kappa shape index (κ1) is 22.0. The second-order valence-electron chi connectivity index (χ2n) is 9.91. The van der Waals surface area contributed by atoms with Crippen molar-refractivity contribution < 1.29 is 13.2 Å². The van der Waals surface area contributed by atoms with E-state index >= 15 is 0 Å². The molecule has 4 rings (SSSR count). The third-order valence-corrected chi connectivity index (χ3v) is 8.16. The summed E-state index contributed by atoms with van der Waals surface area (Å²) in [6.45, 7) is 7.74. The van der Waals surface area contributed by atoms with Crippen LogP contribution in [-0.4, -0.2) is 38.4 Å². The molecule has 0 unspecified atom stereocenters. The highest BCUT2D eigenvalue weighted by Gasteiger charge is 2.53. The van der Waals surface area contributed by atoms with E-state index in [4.69, 9.17) is 0 Å². The van der Waals surface area contributed by atoms with Gasteiger partial charge in [-0.25, -0.2) is 13.1 Å². The van der Waals surface area contributed by atoms with E-state index in [0.29, 0.717) is 25.9 Å². The van der Waals surface area contributed by atoms with Crippen molar-refractivity contribution in [2.45, 2.75) is 68.2 Å². The molecule has 0 aromatic heterocycles. The Balaban J connectivity index is 1.38. The molecule has 0 atom stereocenters. The summed E-state index contributed by atoms with van der Waals surface area (Å²) in [5, 5.41) is 0. The number of amides is 1. The van der Waals surface area contributed by atoms with Crippen LogP contribution in [0.5, 0.6) is 0 Å². The van der Waals surface area contributed by atoms with Gasteiger partial charge in [-0.3, -0.25) is 4.79 Å². The lowest BCUT2D eigenvalue weighted by atomic mass is 9.84. The van der Waals surface area contributed by atoms with E-state index in [1.807, 2.05) is 4.90 Å². The predicted octanol–water partition coefficient (Wildman–Crippen LogP) is 3.99. The first-order valence-corrected chi connectivity index (χ1v) is 12.6. The number of piperidine rings is 1. The van der Waals surface area contributed by atoms with Gasteiger partial charge in [-0.2, -0.15) is 0 Å². The van der Waals surface area contributed by atoms with Crippen LogP contribution in [0.25, 0.3) is 0 Å². The van der Waals surface area contributed by atoms with E-state index < -0.39 is 10.0 Å². The predicted molar refractivity (Wildman–Crippen MR) is 122 cm³/mol. The number of carbonyl (C=O) groups is 1. The van der Waals surface area contributed by atoms with E-state index in [2.05, 4.69) is 49.8 Å². The minimum Gasteiger partial charge on any atom is -0.342 e. The largest absolute Gasteiger partial charge is 0.342 e. The van der Waals surface area contributed by atoms with Crippen molar-refractivity contribution in [3.8, 4) is 0 Å².